The molecule has 24 heavy (non-hydrogen) atoms. The Morgan fingerprint density at radius 2 is 2.08 bits per heavy atom. The fourth-order valence-corrected chi connectivity index (χ4v) is 4.19. The number of fused-ring (bicyclic) bond motifs is 1. The van der Waals surface area contributed by atoms with Crippen LogP contribution in [0.4, 0.5) is 5.82 Å². The molecule has 6 nitrogen and oxygen atoms in total. The van der Waals surface area contributed by atoms with E-state index in [9.17, 15) is 9.59 Å². The van der Waals surface area contributed by atoms with E-state index in [1.807, 2.05) is 29.5 Å². The van der Waals surface area contributed by atoms with E-state index in [-0.39, 0.29) is 11.8 Å². The van der Waals surface area contributed by atoms with Gasteiger partial charge >= 0.3 is 0 Å². The summed E-state index contributed by atoms with van der Waals surface area (Å²) in [6.45, 7) is 1.23. The maximum absolute atomic E-state index is 12.5. The molecule has 0 aliphatic carbocycles. The maximum atomic E-state index is 12.5. The van der Waals surface area contributed by atoms with Crippen molar-refractivity contribution in [1.29, 1.82) is 0 Å². The zero-order chi connectivity index (χ0) is 16.7. The number of anilines is 1. The Kier molecular flexibility index (Phi) is 3.53. The van der Waals surface area contributed by atoms with Crippen LogP contribution in [0.3, 0.4) is 0 Å². The van der Waals surface area contributed by atoms with Crippen LogP contribution >= 0.6 is 11.3 Å². The molecule has 0 bridgehead atoms. The molecule has 0 atom stereocenters. The summed E-state index contributed by atoms with van der Waals surface area (Å²) >= 11 is 1.46. The van der Waals surface area contributed by atoms with Crippen molar-refractivity contribution in [2.75, 3.05) is 25.0 Å². The molecule has 1 saturated heterocycles. The lowest BCUT2D eigenvalue weighted by Gasteiger charge is -2.50. The summed E-state index contributed by atoms with van der Waals surface area (Å²) in [5.74, 6) is 0.691. The molecule has 0 aromatic carbocycles. The summed E-state index contributed by atoms with van der Waals surface area (Å²) in [5, 5.41) is 5.06. The molecule has 2 aromatic heterocycles. The van der Waals surface area contributed by atoms with Gasteiger partial charge < -0.3 is 15.1 Å². The van der Waals surface area contributed by atoms with Gasteiger partial charge in [-0.25, -0.2) is 4.98 Å². The van der Waals surface area contributed by atoms with E-state index in [0.29, 0.717) is 37.3 Å². The Morgan fingerprint density at radius 3 is 2.79 bits per heavy atom. The average molecular weight is 342 g/mol. The topological polar surface area (TPSA) is 65.5 Å². The van der Waals surface area contributed by atoms with Gasteiger partial charge in [0.05, 0.1) is 10.4 Å². The van der Waals surface area contributed by atoms with Crippen LogP contribution < -0.4 is 10.2 Å². The molecule has 0 radical (unpaired) electrons. The first-order valence-corrected chi connectivity index (χ1v) is 8.83. The first-order chi connectivity index (χ1) is 11.6. The molecule has 2 amide bonds. The van der Waals surface area contributed by atoms with Crippen LogP contribution in [0, 0.1) is 0 Å². The molecule has 2 aliphatic rings. The number of nitrogens with one attached hydrogen (secondary N) is 1. The fourth-order valence-electron chi connectivity index (χ4n) is 3.50. The van der Waals surface area contributed by atoms with Crippen molar-refractivity contribution in [1.82, 2.24) is 15.2 Å². The zero-order valence-corrected chi connectivity index (χ0v) is 14.2. The molecule has 7 heteroatoms. The third-order valence-corrected chi connectivity index (χ3v) is 5.80. The fraction of sp³-hybridized carbons (Fsp3) is 0.353. The minimum atomic E-state index is -0.468. The number of hydrogen-bond donors (Lipinski definition) is 1. The van der Waals surface area contributed by atoms with Crippen molar-refractivity contribution in [3.05, 3.63) is 46.3 Å². The highest BCUT2D eigenvalue weighted by molar-refractivity contribution is 7.12. The number of nitrogens with zero attached hydrogens (tertiary/aromatic N) is 3. The van der Waals surface area contributed by atoms with E-state index in [2.05, 4.69) is 15.2 Å². The van der Waals surface area contributed by atoms with Gasteiger partial charge in [-0.3, -0.25) is 9.59 Å². The second-order valence-electron chi connectivity index (χ2n) is 6.19. The van der Waals surface area contributed by atoms with Gasteiger partial charge in [-0.2, -0.15) is 0 Å². The average Bonchev–Trinajstić information content (AvgIpc) is 3.15. The lowest BCUT2D eigenvalue weighted by molar-refractivity contribution is 0.0612. The zero-order valence-electron chi connectivity index (χ0n) is 13.4. The minimum absolute atomic E-state index is 0.0724. The van der Waals surface area contributed by atoms with E-state index < -0.39 is 5.66 Å². The first-order valence-electron chi connectivity index (χ1n) is 7.95. The van der Waals surface area contributed by atoms with E-state index in [0.717, 1.165) is 4.88 Å². The van der Waals surface area contributed by atoms with Gasteiger partial charge in [-0.05, 0) is 23.6 Å². The summed E-state index contributed by atoms with van der Waals surface area (Å²) in [6.07, 6.45) is 3.07. The van der Waals surface area contributed by atoms with Crippen molar-refractivity contribution in [2.24, 2.45) is 0 Å². The van der Waals surface area contributed by atoms with Gasteiger partial charge in [0.1, 0.15) is 11.5 Å². The van der Waals surface area contributed by atoms with Gasteiger partial charge in [0.25, 0.3) is 11.8 Å². The molecule has 0 saturated carbocycles. The number of thiophene rings is 1. The van der Waals surface area contributed by atoms with E-state index in [1.165, 1.54) is 11.3 Å². The lowest BCUT2D eigenvalue weighted by Crippen LogP contribution is -2.67. The molecule has 1 N–H and O–H groups in total. The number of carbonyl (C=O) groups is 2. The number of piperidine rings is 1. The molecule has 4 heterocycles. The normalized spacial score (nSPS) is 19.1. The number of carbonyl (C=O) groups excluding carboxylic acids is 2. The molecule has 1 fully saturated rings. The van der Waals surface area contributed by atoms with E-state index >= 15 is 0 Å². The maximum Gasteiger partial charge on any atom is 0.263 e. The van der Waals surface area contributed by atoms with Crippen LogP contribution in [0.5, 0.6) is 0 Å². The van der Waals surface area contributed by atoms with Gasteiger partial charge in [0.15, 0.2) is 0 Å². The van der Waals surface area contributed by atoms with Crippen LogP contribution in [0.25, 0.3) is 0 Å². The van der Waals surface area contributed by atoms with E-state index in [1.54, 1.807) is 18.3 Å². The third-order valence-electron chi connectivity index (χ3n) is 4.95. The van der Waals surface area contributed by atoms with Crippen LogP contribution in [-0.2, 0) is 0 Å². The number of hydrogen-bond acceptors (Lipinski definition) is 5. The molecular weight excluding hydrogens is 324 g/mol. The molecule has 2 aromatic rings. The molecule has 4 rings (SSSR count). The summed E-state index contributed by atoms with van der Waals surface area (Å²) in [6, 6.07) is 7.30. The molecule has 2 aliphatic heterocycles. The predicted molar refractivity (Wildman–Crippen MR) is 92.3 cm³/mol. The number of rotatable bonds is 1. The number of pyridine rings is 1. The minimum Gasteiger partial charge on any atom is -0.338 e. The van der Waals surface area contributed by atoms with Crippen molar-refractivity contribution >= 4 is 29.0 Å². The summed E-state index contributed by atoms with van der Waals surface area (Å²) in [4.78, 5) is 34.0. The van der Waals surface area contributed by atoms with Gasteiger partial charge in [0, 0.05) is 39.2 Å². The van der Waals surface area contributed by atoms with Crippen LogP contribution in [0.2, 0.25) is 0 Å². The SMILES string of the molecule is CN1c2ncccc2C(=O)NC12CCN(C(=O)c1cccs1)CC2. The van der Waals surface area contributed by atoms with Crippen LogP contribution in [0.1, 0.15) is 32.9 Å². The molecule has 1 spiro atoms. The molecular formula is C17H18N4O2S. The highest BCUT2D eigenvalue weighted by Gasteiger charge is 2.45. The number of aromatic nitrogens is 1. The Morgan fingerprint density at radius 1 is 1.29 bits per heavy atom. The van der Waals surface area contributed by atoms with Crippen molar-refractivity contribution in [3.8, 4) is 0 Å². The second-order valence-corrected chi connectivity index (χ2v) is 7.14. The Balaban J connectivity index is 1.55. The van der Waals surface area contributed by atoms with Crippen molar-refractivity contribution < 1.29 is 9.59 Å². The first kappa shape index (κ1) is 15.1. The summed E-state index contributed by atoms with van der Waals surface area (Å²) < 4.78 is 0. The molecule has 0 unspecified atom stereocenters. The number of amides is 2. The smallest absolute Gasteiger partial charge is 0.263 e. The number of likely N-dealkylation sites (tertiary alicyclic amines) is 1. The van der Waals surface area contributed by atoms with Gasteiger partial charge in [-0.1, -0.05) is 6.07 Å². The van der Waals surface area contributed by atoms with Gasteiger partial charge in [0.2, 0.25) is 0 Å². The largest absolute Gasteiger partial charge is 0.338 e. The Bertz CT molecular complexity index is 782. The third kappa shape index (κ3) is 2.27. The second kappa shape index (κ2) is 5.59. The van der Waals surface area contributed by atoms with E-state index in [4.69, 9.17) is 0 Å². The highest BCUT2D eigenvalue weighted by Crippen LogP contribution is 2.35. The van der Waals surface area contributed by atoms with Crippen LogP contribution in [0.15, 0.2) is 35.8 Å². The van der Waals surface area contributed by atoms with Crippen LogP contribution in [-0.4, -0.2) is 47.5 Å². The van der Waals surface area contributed by atoms with Crippen molar-refractivity contribution in [3.63, 3.8) is 0 Å². The lowest BCUT2D eigenvalue weighted by atomic mass is 9.91. The predicted octanol–water partition coefficient (Wildman–Crippen LogP) is 1.96. The standard InChI is InChI=1S/C17H18N4O2S/c1-20-14-12(4-2-8-18-14)15(22)19-17(20)6-9-21(10-7-17)16(23)13-5-3-11-24-13/h2-5,8,11H,6-7,9-10H2,1H3,(H,19,22). The Hall–Kier alpha value is -2.41. The van der Waals surface area contributed by atoms with Crippen molar-refractivity contribution in [2.45, 2.75) is 18.5 Å². The Labute approximate surface area is 144 Å². The highest BCUT2D eigenvalue weighted by atomic mass is 32.1. The quantitative estimate of drug-likeness (QED) is 0.860. The van der Waals surface area contributed by atoms with Gasteiger partial charge in [-0.15, -0.1) is 11.3 Å². The summed E-state index contributed by atoms with van der Waals surface area (Å²) in [5.41, 5.74) is 0.132. The molecule has 124 valence electrons. The monoisotopic (exact) mass is 342 g/mol. The summed E-state index contributed by atoms with van der Waals surface area (Å²) in [7, 11) is 1.96.